The summed E-state index contributed by atoms with van der Waals surface area (Å²) < 4.78 is 13.2. The van der Waals surface area contributed by atoms with Crippen LogP contribution in [0.1, 0.15) is 12.0 Å². The summed E-state index contributed by atoms with van der Waals surface area (Å²) in [6.45, 7) is 0. The lowest BCUT2D eigenvalue weighted by molar-refractivity contribution is -0.138. The van der Waals surface area contributed by atoms with Gasteiger partial charge in [0.1, 0.15) is 11.9 Å². The number of thioether (sulfide) groups is 1. The van der Waals surface area contributed by atoms with Crippen LogP contribution in [0.5, 0.6) is 0 Å². The average molecular weight is 243 g/mol. The Balaban J connectivity index is 2.26. The van der Waals surface area contributed by atoms with E-state index in [1.54, 1.807) is 18.2 Å². The van der Waals surface area contributed by atoms with Gasteiger partial charge in [0, 0.05) is 5.75 Å². The van der Waals surface area contributed by atoms with Gasteiger partial charge in [0.25, 0.3) is 0 Å². The van der Waals surface area contributed by atoms with E-state index in [0.717, 1.165) is 0 Å². The molecular formula is C11H14FNO2S. The van der Waals surface area contributed by atoms with Crippen LogP contribution in [0.2, 0.25) is 0 Å². The molecule has 0 bridgehead atoms. The largest absolute Gasteiger partial charge is 0.480 e. The first-order valence-electron chi connectivity index (χ1n) is 4.91. The molecule has 1 rings (SSSR count). The maximum absolute atomic E-state index is 13.2. The summed E-state index contributed by atoms with van der Waals surface area (Å²) in [5.74, 6) is -0.0649. The Hall–Kier alpha value is -1.07. The minimum Gasteiger partial charge on any atom is -0.480 e. The third-order valence-electron chi connectivity index (χ3n) is 2.11. The fourth-order valence-corrected chi connectivity index (χ4v) is 2.15. The van der Waals surface area contributed by atoms with Gasteiger partial charge in [-0.2, -0.15) is 11.8 Å². The zero-order chi connectivity index (χ0) is 12.0. The Kier molecular flexibility index (Phi) is 5.28. The van der Waals surface area contributed by atoms with Gasteiger partial charge in [-0.25, -0.2) is 4.39 Å². The fourth-order valence-electron chi connectivity index (χ4n) is 1.13. The first kappa shape index (κ1) is 13.0. The van der Waals surface area contributed by atoms with Crippen molar-refractivity contribution in [3.05, 3.63) is 35.6 Å². The SMILES string of the molecule is NC(CCSCc1ccccc1F)C(=O)O. The number of halogens is 1. The van der Waals surface area contributed by atoms with Crippen LogP contribution in [0.4, 0.5) is 4.39 Å². The van der Waals surface area contributed by atoms with Crippen molar-refractivity contribution < 1.29 is 14.3 Å². The Morgan fingerprint density at radius 2 is 2.19 bits per heavy atom. The molecule has 0 saturated heterocycles. The molecule has 1 aromatic carbocycles. The lowest BCUT2D eigenvalue weighted by Crippen LogP contribution is -2.30. The van der Waals surface area contributed by atoms with Crippen LogP contribution in [0.3, 0.4) is 0 Å². The Morgan fingerprint density at radius 1 is 1.50 bits per heavy atom. The molecule has 1 unspecified atom stereocenters. The van der Waals surface area contributed by atoms with Gasteiger partial charge in [0.2, 0.25) is 0 Å². The number of carboxylic acids is 1. The van der Waals surface area contributed by atoms with Crippen LogP contribution in [-0.2, 0) is 10.5 Å². The molecule has 0 heterocycles. The zero-order valence-electron chi connectivity index (χ0n) is 8.73. The molecule has 3 N–H and O–H groups in total. The van der Waals surface area contributed by atoms with Gasteiger partial charge >= 0.3 is 5.97 Å². The van der Waals surface area contributed by atoms with E-state index in [4.69, 9.17) is 10.8 Å². The first-order chi connectivity index (χ1) is 7.61. The molecule has 0 radical (unpaired) electrons. The summed E-state index contributed by atoms with van der Waals surface area (Å²) in [6, 6.07) is 5.73. The normalized spacial score (nSPS) is 12.4. The number of hydrogen-bond acceptors (Lipinski definition) is 3. The van der Waals surface area contributed by atoms with Gasteiger partial charge in [0.05, 0.1) is 0 Å². The number of benzene rings is 1. The highest BCUT2D eigenvalue weighted by Gasteiger charge is 2.10. The van der Waals surface area contributed by atoms with E-state index < -0.39 is 12.0 Å². The molecule has 3 nitrogen and oxygen atoms in total. The van der Waals surface area contributed by atoms with E-state index in [0.29, 0.717) is 23.5 Å². The summed E-state index contributed by atoms with van der Waals surface area (Å²) in [7, 11) is 0. The van der Waals surface area contributed by atoms with Crippen molar-refractivity contribution in [1.82, 2.24) is 0 Å². The van der Waals surface area contributed by atoms with Crippen LogP contribution in [0.15, 0.2) is 24.3 Å². The van der Waals surface area contributed by atoms with E-state index in [9.17, 15) is 9.18 Å². The second kappa shape index (κ2) is 6.50. The third-order valence-corrected chi connectivity index (χ3v) is 3.15. The van der Waals surface area contributed by atoms with Crippen LogP contribution < -0.4 is 5.73 Å². The molecule has 5 heteroatoms. The van der Waals surface area contributed by atoms with E-state index in [1.807, 2.05) is 0 Å². The predicted molar refractivity (Wildman–Crippen MR) is 62.8 cm³/mol. The first-order valence-corrected chi connectivity index (χ1v) is 6.06. The average Bonchev–Trinajstić information content (AvgIpc) is 2.26. The fraction of sp³-hybridized carbons (Fsp3) is 0.364. The predicted octanol–water partition coefficient (Wildman–Crippen LogP) is 1.86. The van der Waals surface area contributed by atoms with Crippen molar-refractivity contribution in [2.45, 2.75) is 18.2 Å². The van der Waals surface area contributed by atoms with Crippen molar-refractivity contribution in [1.29, 1.82) is 0 Å². The maximum Gasteiger partial charge on any atom is 0.320 e. The number of rotatable bonds is 6. The molecular weight excluding hydrogens is 229 g/mol. The third kappa shape index (κ3) is 4.20. The highest BCUT2D eigenvalue weighted by molar-refractivity contribution is 7.98. The second-order valence-electron chi connectivity index (χ2n) is 3.38. The number of nitrogens with two attached hydrogens (primary N) is 1. The van der Waals surface area contributed by atoms with Gasteiger partial charge in [-0.05, 0) is 23.8 Å². The van der Waals surface area contributed by atoms with Crippen LogP contribution in [0, 0.1) is 5.82 Å². The lowest BCUT2D eigenvalue weighted by atomic mass is 10.2. The number of hydrogen-bond donors (Lipinski definition) is 2. The second-order valence-corrected chi connectivity index (χ2v) is 4.48. The molecule has 0 aliphatic rings. The molecule has 0 saturated carbocycles. The molecule has 0 amide bonds. The zero-order valence-corrected chi connectivity index (χ0v) is 9.54. The van der Waals surface area contributed by atoms with Crippen molar-refractivity contribution in [2.75, 3.05) is 5.75 Å². The van der Waals surface area contributed by atoms with Crippen LogP contribution in [0.25, 0.3) is 0 Å². The molecule has 16 heavy (non-hydrogen) atoms. The minimum atomic E-state index is -0.994. The van der Waals surface area contributed by atoms with E-state index in [1.165, 1.54) is 17.8 Å². The summed E-state index contributed by atoms with van der Waals surface area (Å²) in [5.41, 5.74) is 5.97. The summed E-state index contributed by atoms with van der Waals surface area (Å²) in [5, 5.41) is 8.55. The van der Waals surface area contributed by atoms with Crippen LogP contribution in [-0.4, -0.2) is 22.9 Å². The molecule has 0 fully saturated rings. The van der Waals surface area contributed by atoms with E-state index in [2.05, 4.69) is 0 Å². The lowest BCUT2D eigenvalue weighted by Gasteiger charge is -2.06. The quantitative estimate of drug-likeness (QED) is 0.749. The van der Waals surface area contributed by atoms with Crippen molar-refractivity contribution in [2.24, 2.45) is 5.73 Å². The molecule has 0 aromatic heterocycles. The minimum absolute atomic E-state index is 0.225. The van der Waals surface area contributed by atoms with Gasteiger partial charge in [-0.15, -0.1) is 0 Å². The monoisotopic (exact) mass is 243 g/mol. The topological polar surface area (TPSA) is 63.3 Å². The standard InChI is InChI=1S/C11H14FNO2S/c12-9-4-2-1-3-8(9)7-16-6-5-10(13)11(14)15/h1-4,10H,5-7,13H2,(H,14,15). The van der Waals surface area contributed by atoms with Crippen molar-refractivity contribution >= 4 is 17.7 Å². The molecule has 1 atom stereocenters. The van der Waals surface area contributed by atoms with Gasteiger partial charge in [-0.3, -0.25) is 4.79 Å². The van der Waals surface area contributed by atoms with E-state index >= 15 is 0 Å². The van der Waals surface area contributed by atoms with Crippen molar-refractivity contribution in [3.63, 3.8) is 0 Å². The summed E-state index contributed by atoms with van der Waals surface area (Å²) in [4.78, 5) is 10.4. The Morgan fingerprint density at radius 3 is 2.81 bits per heavy atom. The summed E-state index contributed by atoms with van der Waals surface area (Å²) >= 11 is 1.48. The number of carbonyl (C=O) groups is 1. The molecule has 88 valence electrons. The Labute approximate surface area is 97.8 Å². The maximum atomic E-state index is 13.2. The van der Waals surface area contributed by atoms with Crippen LogP contribution >= 0.6 is 11.8 Å². The number of aliphatic carboxylic acids is 1. The summed E-state index contributed by atoms with van der Waals surface area (Å²) in [6.07, 6.45) is 0.397. The van der Waals surface area contributed by atoms with Gasteiger partial charge < -0.3 is 10.8 Å². The molecule has 1 aromatic rings. The van der Waals surface area contributed by atoms with Gasteiger partial charge in [0.15, 0.2) is 0 Å². The smallest absolute Gasteiger partial charge is 0.320 e. The highest BCUT2D eigenvalue weighted by atomic mass is 32.2. The molecule has 0 aliphatic heterocycles. The van der Waals surface area contributed by atoms with E-state index in [-0.39, 0.29) is 5.82 Å². The number of carboxylic acid groups (broad SMARTS) is 1. The van der Waals surface area contributed by atoms with Crippen molar-refractivity contribution in [3.8, 4) is 0 Å². The van der Waals surface area contributed by atoms with Gasteiger partial charge in [-0.1, -0.05) is 18.2 Å². The molecule has 0 spiro atoms. The highest BCUT2D eigenvalue weighted by Crippen LogP contribution is 2.16. The molecule has 0 aliphatic carbocycles. The Bertz CT molecular complexity index is 360.